The number of rotatable bonds is 23. The van der Waals surface area contributed by atoms with Crippen molar-refractivity contribution < 1.29 is 0 Å². The average Bonchev–Trinajstić information content (AvgIpc) is 3.16. The quantitative estimate of drug-likeness (QED) is 0.148. The third-order valence-electron chi connectivity index (χ3n) is 7.03. The van der Waals surface area contributed by atoms with Gasteiger partial charge in [-0.1, -0.05) is 130 Å². The summed E-state index contributed by atoms with van der Waals surface area (Å²) in [6, 6.07) is 0. The van der Waals surface area contributed by atoms with Gasteiger partial charge in [0, 0.05) is 25.5 Å². The summed E-state index contributed by atoms with van der Waals surface area (Å²) in [6.45, 7) is 9.35. The molecule has 0 saturated heterocycles. The Morgan fingerprint density at radius 3 is 1.23 bits per heavy atom. The smallest absolute Gasteiger partial charge is 0.101 e. The van der Waals surface area contributed by atoms with Gasteiger partial charge in [0.15, 0.2) is 0 Å². The van der Waals surface area contributed by atoms with Gasteiger partial charge >= 0.3 is 0 Å². The van der Waals surface area contributed by atoms with E-state index in [1.165, 1.54) is 148 Å². The van der Waals surface area contributed by atoms with Crippen LogP contribution in [0.25, 0.3) is 0 Å². The molecule has 1 unspecified atom stereocenters. The Morgan fingerprint density at radius 1 is 0.419 bits per heavy atom. The number of hydrogen-bond acceptors (Lipinski definition) is 2. The summed E-state index contributed by atoms with van der Waals surface area (Å²) >= 11 is 0. The largest absolute Gasteiger partial charge is 0.356 e. The number of hydrogen-bond donors (Lipinski definition) is 0. The molecule has 0 aromatic carbocycles. The van der Waals surface area contributed by atoms with Crippen molar-refractivity contribution in [2.24, 2.45) is 0 Å². The van der Waals surface area contributed by atoms with Gasteiger partial charge in [0.25, 0.3) is 0 Å². The first-order valence-electron chi connectivity index (χ1n) is 14.5. The molecule has 1 aliphatic rings. The van der Waals surface area contributed by atoms with Gasteiger partial charge in [-0.2, -0.15) is 0 Å². The van der Waals surface area contributed by atoms with Crippen molar-refractivity contribution in [3.05, 3.63) is 12.4 Å². The average molecular weight is 435 g/mol. The maximum atomic E-state index is 2.60. The highest BCUT2D eigenvalue weighted by Crippen LogP contribution is 2.23. The van der Waals surface area contributed by atoms with Crippen molar-refractivity contribution in [3.8, 4) is 0 Å². The van der Waals surface area contributed by atoms with Crippen LogP contribution < -0.4 is 0 Å². The van der Waals surface area contributed by atoms with E-state index < -0.39 is 0 Å². The van der Waals surface area contributed by atoms with Crippen molar-refractivity contribution in [1.29, 1.82) is 0 Å². The molecule has 2 heteroatoms. The second kappa shape index (κ2) is 21.2. The molecule has 2 nitrogen and oxygen atoms in total. The Labute approximate surface area is 197 Å². The maximum Gasteiger partial charge on any atom is 0.101 e. The SMILES string of the molecule is CCCCCCCCCCCCCCCCCCCC1N(CCC)C=CN1CCCC. The molecule has 0 N–H and O–H groups in total. The van der Waals surface area contributed by atoms with Gasteiger partial charge in [-0.05, 0) is 25.7 Å². The van der Waals surface area contributed by atoms with Gasteiger partial charge in [0.05, 0.1) is 0 Å². The first-order chi connectivity index (χ1) is 15.3. The van der Waals surface area contributed by atoms with Crippen LogP contribution in [0.5, 0.6) is 0 Å². The second-order valence-corrected chi connectivity index (χ2v) is 10.1. The highest BCUT2D eigenvalue weighted by atomic mass is 15.4. The van der Waals surface area contributed by atoms with Crippen molar-refractivity contribution in [3.63, 3.8) is 0 Å². The summed E-state index contributed by atoms with van der Waals surface area (Å²) in [4.78, 5) is 5.19. The van der Waals surface area contributed by atoms with Gasteiger partial charge in [-0.3, -0.25) is 0 Å². The van der Waals surface area contributed by atoms with Crippen LogP contribution in [0.3, 0.4) is 0 Å². The van der Waals surface area contributed by atoms with Crippen LogP contribution in [0.1, 0.15) is 156 Å². The number of unbranched alkanes of at least 4 members (excludes halogenated alkanes) is 17. The zero-order chi connectivity index (χ0) is 22.4. The van der Waals surface area contributed by atoms with Gasteiger partial charge in [-0.25, -0.2) is 0 Å². The fraction of sp³-hybridized carbons (Fsp3) is 0.931. The molecule has 1 atom stereocenters. The minimum absolute atomic E-state index is 0.642. The van der Waals surface area contributed by atoms with Crippen molar-refractivity contribution in [2.75, 3.05) is 13.1 Å². The lowest BCUT2D eigenvalue weighted by molar-refractivity contribution is 0.138. The van der Waals surface area contributed by atoms with Crippen LogP contribution in [0.2, 0.25) is 0 Å². The first kappa shape index (κ1) is 28.4. The maximum absolute atomic E-state index is 2.60. The van der Waals surface area contributed by atoms with E-state index in [2.05, 4.69) is 43.0 Å². The Morgan fingerprint density at radius 2 is 0.806 bits per heavy atom. The molecule has 0 radical (unpaired) electrons. The predicted octanol–water partition coefficient (Wildman–Crippen LogP) is 9.65. The second-order valence-electron chi connectivity index (χ2n) is 10.1. The molecule has 31 heavy (non-hydrogen) atoms. The summed E-state index contributed by atoms with van der Waals surface area (Å²) < 4.78 is 0. The van der Waals surface area contributed by atoms with Crippen molar-refractivity contribution >= 4 is 0 Å². The molecule has 1 aliphatic heterocycles. The molecular weight excluding hydrogens is 376 g/mol. The van der Waals surface area contributed by atoms with Crippen LogP contribution in [-0.2, 0) is 0 Å². The Kier molecular flexibility index (Phi) is 19.4. The fourth-order valence-electron chi connectivity index (χ4n) is 4.99. The molecule has 0 saturated carbocycles. The minimum atomic E-state index is 0.642. The molecular formula is C29H58N2. The van der Waals surface area contributed by atoms with E-state index in [-0.39, 0.29) is 0 Å². The number of nitrogens with zero attached hydrogens (tertiary/aromatic N) is 2. The normalized spacial score (nSPS) is 16.0. The van der Waals surface area contributed by atoms with Crippen LogP contribution in [0, 0.1) is 0 Å². The lowest BCUT2D eigenvalue weighted by atomic mass is 10.0. The van der Waals surface area contributed by atoms with Gasteiger partial charge < -0.3 is 9.80 Å². The highest BCUT2D eigenvalue weighted by Gasteiger charge is 2.24. The molecule has 184 valence electrons. The minimum Gasteiger partial charge on any atom is -0.356 e. The lowest BCUT2D eigenvalue weighted by Gasteiger charge is -2.33. The van der Waals surface area contributed by atoms with Crippen LogP contribution in [0.4, 0.5) is 0 Å². The molecule has 0 aliphatic carbocycles. The van der Waals surface area contributed by atoms with E-state index >= 15 is 0 Å². The molecule has 0 fully saturated rings. The van der Waals surface area contributed by atoms with Crippen molar-refractivity contribution in [1.82, 2.24) is 9.80 Å². The van der Waals surface area contributed by atoms with E-state index in [1.807, 2.05) is 0 Å². The summed E-state index contributed by atoms with van der Waals surface area (Å²) in [5, 5.41) is 0. The van der Waals surface area contributed by atoms with Crippen LogP contribution in [0.15, 0.2) is 12.4 Å². The predicted molar refractivity (Wildman–Crippen MR) is 140 cm³/mol. The monoisotopic (exact) mass is 434 g/mol. The Hall–Kier alpha value is -0.660. The van der Waals surface area contributed by atoms with Crippen LogP contribution >= 0.6 is 0 Å². The van der Waals surface area contributed by atoms with E-state index in [4.69, 9.17) is 0 Å². The third-order valence-corrected chi connectivity index (χ3v) is 7.03. The van der Waals surface area contributed by atoms with E-state index in [0.717, 1.165) is 0 Å². The molecule has 0 spiro atoms. The lowest BCUT2D eigenvalue weighted by Crippen LogP contribution is -2.39. The third kappa shape index (κ3) is 14.9. The zero-order valence-corrected chi connectivity index (χ0v) is 21.9. The summed E-state index contributed by atoms with van der Waals surface area (Å²) in [5.41, 5.74) is 0. The highest BCUT2D eigenvalue weighted by molar-refractivity contribution is 4.96. The first-order valence-corrected chi connectivity index (χ1v) is 14.5. The standard InChI is InChI=1S/C29H58N2/c1-4-7-9-10-11-12-13-14-15-16-17-18-19-20-21-22-23-24-29-30(25-6-3)27-28-31(29)26-8-5-2/h27-29H,4-26H2,1-3H3. The molecule has 1 rings (SSSR count). The molecule has 0 bridgehead atoms. The van der Waals surface area contributed by atoms with Gasteiger partial charge in [-0.15, -0.1) is 0 Å². The Bertz CT molecular complexity index is 392. The Balaban J connectivity index is 1.89. The topological polar surface area (TPSA) is 6.48 Å². The van der Waals surface area contributed by atoms with Crippen molar-refractivity contribution in [2.45, 2.75) is 162 Å². The van der Waals surface area contributed by atoms with E-state index in [1.54, 1.807) is 0 Å². The fourth-order valence-corrected chi connectivity index (χ4v) is 4.99. The molecule has 1 heterocycles. The van der Waals surface area contributed by atoms with Gasteiger partial charge in [0.2, 0.25) is 0 Å². The van der Waals surface area contributed by atoms with E-state index in [9.17, 15) is 0 Å². The molecule has 0 aromatic heterocycles. The summed E-state index contributed by atoms with van der Waals surface area (Å²) in [5.74, 6) is 0. The summed E-state index contributed by atoms with van der Waals surface area (Å²) in [7, 11) is 0. The molecule has 0 aromatic rings. The van der Waals surface area contributed by atoms with Gasteiger partial charge in [0.1, 0.15) is 6.17 Å². The molecule has 0 amide bonds. The van der Waals surface area contributed by atoms with E-state index in [0.29, 0.717) is 6.17 Å². The summed E-state index contributed by atoms with van der Waals surface area (Å²) in [6.07, 6.45) is 35.3. The van der Waals surface area contributed by atoms with Crippen LogP contribution in [-0.4, -0.2) is 29.1 Å². The zero-order valence-electron chi connectivity index (χ0n) is 21.9.